The lowest BCUT2D eigenvalue weighted by Crippen LogP contribution is -2.34. The van der Waals surface area contributed by atoms with E-state index >= 15 is 0 Å². The SMILES string of the molecule is C#CC(C)NC[C@H](O)CO. The Morgan fingerprint density at radius 2 is 2.30 bits per heavy atom. The Balaban J connectivity index is 3.28. The molecular weight excluding hydrogens is 130 g/mol. The second-order valence-corrected chi connectivity index (χ2v) is 2.13. The van der Waals surface area contributed by atoms with Crippen molar-refractivity contribution in [1.82, 2.24) is 5.32 Å². The van der Waals surface area contributed by atoms with Crippen molar-refractivity contribution in [2.75, 3.05) is 13.2 Å². The number of terminal acetylenes is 1. The molecule has 2 atom stereocenters. The molecule has 3 heteroatoms. The van der Waals surface area contributed by atoms with Gasteiger partial charge in [0.15, 0.2) is 0 Å². The normalized spacial score (nSPS) is 15.8. The summed E-state index contributed by atoms with van der Waals surface area (Å²) in [5.74, 6) is 2.44. The van der Waals surface area contributed by atoms with Crippen molar-refractivity contribution in [2.24, 2.45) is 0 Å². The number of rotatable bonds is 4. The van der Waals surface area contributed by atoms with Crippen LogP contribution in [0.3, 0.4) is 0 Å². The Bertz CT molecular complexity index is 119. The van der Waals surface area contributed by atoms with Crippen molar-refractivity contribution in [1.29, 1.82) is 0 Å². The number of aliphatic hydroxyl groups excluding tert-OH is 2. The molecule has 0 spiro atoms. The first kappa shape index (κ1) is 9.44. The van der Waals surface area contributed by atoms with Gasteiger partial charge in [-0.15, -0.1) is 6.42 Å². The van der Waals surface area contributed by atoms with Crippen molar-refractivity contribution in [2.45, 2.75) is 19.1 Å². The quantitative estimate of drug-likeness (QED) is 0.440. The summed E-state index contributed by atoms with van der Waals surface area (Å²) in [4.78, 5) is 0. The minimum absolute atomic E-state index is 0.0544. The lowest BCUT2D eigenvalue weighted by atomic mass is 10.3. The van der Waals surface area contributed by atoms with Crippen LogP contribution in [0.15, 0.2) is 0 Å². The summed E-state index contributed by atoms with van der Waals surface area (Å²) in [6.45, 7) is 1.91. The molecule has 0 aromatic carbocycles. The summed E-state index contributed by atoms with van der Waals surface area (Å²) < 4.78 is 0. The van der Waals surface area contributed by atoms with E-state index in [0.29, 0.717) is 6.54 Å². The fourth-order valence-corrected chi connectivity index (χ4v) is 0.436. The van der Waals surface area contributed by atoms with E-state index in [1.54, 1.807) is 0 Å². The van der Waals surface area contributed by atoms with Crippen LogP contribution in [0.25, 0.3) is 0 Å². The molecule has 0 heterocycles. The molecule has 3 N–H and O–H groups in total. The zero-order valence-corrected chi connectivity index (χ0v) is 6.04. The summed E-state index contributed by atoms with van der Waals surface area (Å²) in [7, 11) is 0. The lowest BCUT2D eigenvalue weighted by molar-refractivity contribution is 0.0937. The van der Waals surface area contributed by atoms with E-state index in [4.69, 9.17) is 16.6 Å². The second kappa shape index (κ2) is 5.24. The highest BCUT2D eigenvalue weighted by atomic mass is 16.3. The predicted molar refractivity (Wildman–Crippen MR) is 39.4 cm³/mol. The van der Waals surface area contributed by atoms with Gasteiger partial charge in [0.25, 0.3) is 0 Å². The maximum absolute atomic E-state index is 8.82. The highest BCUT2D eigenvalue weighted by Gasteiger charge is 2.01. The van der Waals surface area contributed by atoms with Gasteiger partial charge < -0.3 is 15.5 Å². The molecule has 0 aliphatic heterocycles. The monoisotopic (exact) mass is 143 g/mol. The molecule has 0 aromatic heterocycles. The molecule has 0 aliphatic rings. The van der Waals surface area contributed by atoms with Crippen LogP contribution in [-0.2, 0) is 0 Å². The number of aliphatic hydroxyl groups is 2. The molecule has 0 rings (SSSR count). The van der Waals surface area contributed by atoms with Crippen molar-refractivity contribution < 1.29 is 10.2 Å². The number of hydrogen-bond donors (Lipinski definition) is 3. The van der Waals surface area contributed by atoms with Crippen molar-refractivity contribution >= 4 is 0 Å². The van der Waals surface area contributed by atoms with Gasteiger partial charge in [-0.05, 0) is 6.92 Å². The lowest BCUT2D eigenvalue weighted by Gasteiger charge is -2.10. The summed E-state index contributed by atoms with van der Waals surface area (Å²) in [5.41, 5.74) is 0. The van der Waals surface area contributed by atoms with Gasteiger partial charge in [-0.1, -0.05) is 5.92 Å². The van der Waals surface area contributed by atoms with E-state index in [2.05, 4.69) is 11.2 Å². The Morgan fingerprint density at radius 3 is 2.70 bits per heavy atom. The summed E-state index contributed by atoms with van der Waals surface area (Å²) in [5, 5.41) is 20.0. The van der Waals surface area contributed by atoms with Crippen LogP contribution in [0.4, 0.5) is 0 Å². The fourth-order valence-electron chi connectivity index (χ4n) is 0.436. The van der Waals surface area contributed by atoms with E-state index in [0.717, 1.165) is 0 Å². The summed E-state index contributed by atoms with van der Waals surface area (Å²) in [6.07, 6.45) is 4.33. The van der Waals surface area contributed by atoms with Gasteiger partial charge in [-0.25, -0.2) is 0 Å². The maximum Gasteiger partial charge on any atom is 0.0895 e. The minimum atomic E-state index is -0.712. The Labute approximate surface area is 61.1 Å². The molecular formula is C7H13NO2. The molecule has 0 aliphatic carbocycles. The molecule has 0 fully saturated rings. The molecule has 1 unspecified atom stereocenters. The van der Waals surface area contributed by atoms with Crippen LogP contribution in [0.5, 0.6) is 0 Å². The minimum Gasteiger partial charge on any atom is -0.394 e. The average molecular weight is 143 g/mol. The van der Waals surface area contributed by atoms with Crippen molar-refractivity contribution in [3.63, 3.8) is 0 Å². The molecule has 0 aromatic rings. The molecule has 0 saturated carbocycles. The standard InChI is InChI=1S/C7H13NO2/c1-3-6(2)8-4-7(10)5-9/h1,6-10H,4-5H2,2H3/t6?,7-/m0/s1. The first-order chi connectivity index (χ1) is 4.70. The first-order valence-electron chi connectivity index (χ1n) is 3.19. The number of hydrogen-bond acceptors (Lipinski definition) is 3. The van der Waals surface area contributed by atoms with Gasteiger partial charge in [0.2, 0.25) is 0 Å². The highest BCUT2D eigenvalue weighted by Crippen LogP contribution is 1.80. The highest BCUT2D eigenvalue weighted by molar-refractivity contribution is 4.95. The third-order valence-electron chi connectivity index (χ3n) is 1.12. The van der Waals surface area contributed by atoms with E-state index in [1.165, 1.54) is 0 Å². The van der Waals surface area contributed by atoms with E-state index < -0.39 is 6.10 Å². The summed E-state index contributed by atoms with van der Waals surface area (Å²) >= 11 is 0. The van der Waals surface area contributed by atoms with Gasteiger partial charge >= 0.3 is 0 Å². The van der Waals surface area contributed by atoms with Crippen LogP contribution >= 0.6 is 0 Å². The Kier molecular flexibility index (Phi) is 4.95. The average Bonchev–Trinajstić information content (AvgIpc) is 1.99. The molecule has 10 heavy (non-hydrogen) atoms. The Hall–Kier alpha value is -0.560. The predicted octanol–water partition coefficient (Wildman–Crippen LogP) is -1.05. The largest absolute Gasteiger partial charge is 0.394 e. The second-order valence-electron chi connectivity index (χ2n) is 2.13. The first-order valence-corrected chi connectivity index (χ1v) is 3.19. The van der Waals surface area contributed by atoms with Crippen LogP contribution in [0, 0.1) is 12.3 Å². The zero-order chi connectivity index (χ0) is 7.98. The third kappa shape index (κ3) is 4.33. The van der Waals surface area contributed by atoms with Gasteiger partial charge in [0, 0.05) is 6.54 Å². The van der Waals surface area contributed by atoms with E-state index in [1.807, 2.05) is 6.92 Å². The molecule has 3 nitrogen and oxygen atoms in total. The van der Waals surface area contributed by atoms with Crippen molar-refractivity contribution in [3.8, 4) is 12.3 Å². The van der Waals surface area contributed by atoms with Crippen molar-refractivity contribution in [3.05, 3.63) is 0 Å². The van der Waals surface area contributed by atoms with Crippen LogP contribution < -0.4 is 5.32 Å². The third-order valence-corrected chi connectivity index (χ3v) is 1.12. The van der Waals surface area contributed by atoms with Crippen LogP contribution in [0.1, 0.15) is 6.92 Å². The van der Waals surface area contributed by atoms with Gasteiger partial charge in [0.05, 0.1) is 18.8 Å². The van der Waals surface area contributed by atoms with E-state index in [9.17, 15) is 0 Å². The molecule has 0 bridgehead atoms. The topological polar surface area (TPSA) is 52.5 Å². The van der Waals surface area contributed by atoms with Crippen LogP contribution in [0.2, 0.25) is 0 Å². The Morgan fingerprint density at radius 1 is 1.70 bits per heavy atom. The van der Waals surface area contributed by atoms with E-state index in [-0.39, 0.29) is 12.6 Å². The smallest absolute Gasteiger partial charge is 0.0895 e. The zero-order valence-electron chi connectivity index (χ0n) is 6.04. The number of nitrogens with one attached hydrogen (secondary N) is 1. The summed E-state index contributed by atoms with van der Waals surface area (Å²) in [6, 6.07) is -0.0544. The maximum atomic E-state index is 8.82. The molecule has 58 valence electrons. The van der Waals surface area contributed by atoms with Gasteiger partial charge in [-0.2, -0.15) is 0 Å². The molecule has 0 amide bonds. The van der Waals surface area contributed by atoms with Crippen LogP contribution in [-0.4, -0.2) is 35.5 Å². The fraction of sp³-hybridized carbons (Fsp3) is 0.714. The van der Waals surface area contributed by atoms with Gasteiger partial charge in [0.1, 0.15) is 0 Å². The van der Waals surface area contributed by atoms with Gasteiger partial charge in [-0.3, -0.25) is 0 Å². The molecule has 0 saturated heterocycles. The molecule has 0 radical (unpaired) electrons.